The number of hydrogen-bond acceptors (Lipinski definition) is 8. The van der Waals surface area contributed by atoms with E-state index >= 15 is 0 Å². The van der Waals surface area contributed by atoms with E-state index in [9.17, 15) is 9.18 Å². The molecule has 35 heavy (non-hydrogen) atoms. The minimum Gasteiger partial charge on any atom is -0.481 e. The molecule has 0 unspecified atom stereocenters. The first-order valence-corrected chi connectivity index (χ1v) is 11.1. The lowest BCUT2D eigenvalue weighted by atomic mass is 10.0. The predicted molar refractivity (Wildman–Crippen MR) is 128 cm³/mol. The van der Waals surface area contributed by atoms with Crippen molar-refractivity contribution in [3.8, 4) is 17.1 Å². The predicted octanol–water partition coefficient (Wildman–Crippen LogP) is 3.56. The molecule has 10 nitrogen and oxygen atoms in total. The van der Waals surface area contributed by atoms with Crippen molar-refractivity contribution in [2.24, 2.45) is 0 Å². The Kier molecular flexibility index (Phi) is 6.00. The Hall–Kier alpha value is -4.12. The Labute approximate surface area is 200 Å². The monoisotopic (exact) mass is 477 g/mol. The molecule has 5 heterocycles. The Morgan fingerprint density at radius 1 is 1.17 bits per heavy atom. The maximum atomic E-state index is 14.8. The normalized spacial score (nSPS) is 14.1. The highest BCUT2D eigenvalue weighted by Crippen LogP contribution is 2.31. The maximum Gasteiger partial charge on any atom is 0.253 e. The topological polar surface area (TPSA) is 107 Å². The van der Waals surface area contributed by atoms with Crippen molar-refractivity contribution >= 4 is 28.9 Å². The van der Waals surface area contributed by atoms with E-state index < -0.39 is 5.82 Å². The first-order chi connectivity index (χ1) is 16.9. The molecule has 1 saturated heterocycles. The molecule has 0 spiro atoms. The van der Waals surface area contributed by atoms with Gasteiger partial charge in [0.1, 0.15) is 18.1 Å². The third-order valence-electron chi connectivity index (χ3n) is 5.75. The van der Waals surface area contributed by atoms with Gasteiger partial charge in [0.05, 0.1) is 43.5 Å². The van der Waals surface area contributed by atoms with Crippen molar-refractivity contribution in [3.63, 3.8) is 0 Å². The van der Waals surface area contributed by atoms with Gasteiger partial charge < -0.3 is 19.7 Å². The van der Waals surface area contributed by atoms with Gasteiger partial charge in [0.15, 0.2) is 5.82 Å². The fourth-order valence-corrected chi connectivity index (χ4v) is 3.96. The van der Waals surface area contributed by atoms with Gasteiger partial charge in [0, 0.05) is 23.7 Å². The number of pyridine rings is 2. The number of nitrogens with zero attached hydrogens (tertiary/aromatic N) is 6. The van der Waals surface area contributed by atoms with Crippen molar-refractivity contribution in [1.29, 1.82) is 0 Å². The number of rotatable bonds is 6. The minimum absolute atomic E-state index is 0.0563. The van der Waals surface area contributed by atoms with E-state index in [2.05, 4.69) is 39.2 Å². The van der Waals surface area contributed by atoms with Gasteiger partial charge in [0.2, 0.25) is 11.8 Å². The van der Waals surface area contributed by atoms with Crippen molar-refractivity contribution in [2.75, 3.05) is 37.1 Å². The molecule has 180 valence electrons. The highest BCUT2D eigenvalue weighted by atomic mass is 19.1. The van der Waals surface area contributed by atoms with Crippen molar-refractivity contribution < 1.29 is 18.7 Å². The zero-order valence-corrected chi connectivity index (χ0v) is 19.5. The maximum absolute atomic E-state index is 14.8. The van der Waals surface area contributed by atoms with Crippen LogP contribution in [0.25, 0.3) is 16.8 Å². The van der Waals surface area contributed by atoms with Crippen LogP contribution >= 0.6 is 0 Å². The first-order valence-electron chi connectivity index (χ1n) is 11.1. The summed E-state index contributed by atoms with van der Waals surface area (Å²) in [6.07, 6.45) is 4.49. The lowest BCUT2D eigenvalue weighted by Crippen LogP contribution is -2.41. The zero-order valence-electron chi connectivity index (χ0n) is 19.5. The molecule has 0 bridgehead atoms. The summed E-state index contributed by atoms with van der Waals surface area (Å²) in [4.78, 5) is 26.5. The van der Waals surface area contributed by atoms with E-state index in [4.69, 9.17) is 9.47 Å². The van der Waals surface area contributed by atoms with Gasteiger partial charge in [0.25, 0.3) is 5.91 Å². The van der Waals surface area contributed by atoms with Crippen molar-refractivity contribution in [1.82, 2.24) is 24.6 Å². The number of anilines is 3. The number of carbonyl (C=O) groups is 1. The summed E-state index contributed by atoms with van der Waals surface area (Å²) < 4.78 is 27.2. The number of hydrogen-bond donors (Lipinski definition) is 1. The summed E-state index contributed by atoms with van der Waals surface area (Å²) in [5.41, 5.74) is 3.16. The van der Waals surface area contributed by atoms with Crippen molar-refractivity contribution in [3.05, 3.63) is 54.2 Å². The second-order valence-corrected chi connectivity index (χ2v) is 8.35. The third-order valence-corrected chi connectivity index (χ3v) is 5.75. The lowest BCUT2D eigenvalue weighted by molar-refractivity contribution is -0.125. The molecular weight excluding hydrogens is 453 g/mol. The van der Waals surface area contributed by atoms with Crippen LogP contribution in [-0.2, 0) is 9.53 Å². The molecule has 1 amide bonds. The van der Waals surface area contributed by atoms with E-state index in [0.717, 1.165) is 17.3 Å². The first kappa shape index (κ1) is 22.7. The fourth-order valence-electron chi connectivity index (χ4n) is 3.96. The molecule has 5 rings (SSSR count). The highest BCUT2D eigenvalue weighted by molar-refractivity contribution is 5.94. The number of nitrogens with one attached hydrogen (secondary N) is 1. The van der Waals surface area contributed by atoms with E-state index in [1.54, 1.807) is 47.1 Å². The average Bonchev–Trinajstić information content (AvgIpc) is 3.30. The molecule has 1 N–H and O–H groups in total. The fraction of sp³-hybridized carbons (Fsp3) is 0.292. The number of fused-ring (bicyclic) bond motifs is 1. The average molecular weight is 478 g/mol. The number of ether oxygens (including phenoxy) is 2. The smallest absolute Gasteiger partial charge is 0.253 e. The zero-order chi connectivity index (χ0) is 24.5. The number of morpholine rings is 1. The highest BCUT2D eigenvalue weighted by Gasteiger charge is 2.21. The van der Waals surface area contributed by atoms with Crippen LogP contribution in [0.1, 0.15) is 25.3 Å². The molecule has 1 aliphatic heterocycles. The van der Waals surface area contributed by atoms with Gasteiger partial charge in [-0.05, 0) is 24.1 Å². The summed E-state index contributed by atoms with van der Waals surface area (Å²) >= 11 is 0. The summed E-state index contributed by atoms with van der Waals surface area (Å²) in [5, 5.41) is 7.40. The van der Waals surface area contributed by atoms with Gasteiger partial charge in [-0.2, -0.15) is 5.10 Å². The standard InChI is InChI=1S/C24H24FN7O3/c1-14(2)17-11-28-32-19(17)8-15(9-22(32)34-3)23-18(25)12-27-24(30-23)29-20-5-4-16(10-26-20)31-6-7-35-13-21(31)33/h4-5,8-12,14H,6-7,13H2,1-3H3,(H,26,27,29,30). The Bertz CT molecular complexity index is 1390. The number of aromatic nitrogens is 5. The van der Waals surface area contributed by atoms with Gasteiger partial charge >= 0.3 is 0 Å². The molecule has 0 aliphatic carbocycles. The van der Waals surface area contributed by atoms with Crippen LogP contribution in [0.4, 0.5) is 21.8 Å². The van der Waals surface area contributed by atoms with Crippen LogP contribution in [0.3, 0.4) is 0 Å². The van der Waals surface area contributed by atoms with Crippen LogP contribution in [0.2, 0.25) is 0 Å². The van der Waals surface area contributed by atoms with Crippen LogP contribution in [0.15, 0.2) is 42.9 Å². The molecule has 1 aliphatic rings. The molecular formula is C24H24FN7O3. The molecule has 1 fully saturated rings. The van der Waals surface area contributed by atoms with Gasteiger partial charge in [-0.25, -0.2) is 23.9 Å². The minimum atomic E-state index is -0.568. The summed E-state index contributed by atoms with van der Waals surface area (Å²) in [5.74, 6) is 0.644. The van der Waals surface area contributed by atoms with Gasteiger partial charge in [-0.15, -0.1) is 0 Å². The molecule has 0 radical (unpaired) electrons. The van der Waals surface area contributed by atoms with E-state index in [0.29, 0.717) is 36.1 Å². The number of halogens is 1. The van der Waals surface area contributed by atoms with E-state index in [1.165, 1.54) is 0 Å². The largest absolute Gasteiger partial charge is 0.481 e. The SMILES string of the molecule is COc1cc(-c2nc(Nc3ccc(N4CCOCC4=O)cn3)ncc2F)cc2c(C(C)C)cnn12. The summed E-state index contributed by atoms with van der Waals surface area (Å²) in [6.45, 7) is 5.14. The molecule has 4 aromatic heterocycles. The molecule has 0 saturated carbocycles. The van der Waals surface area contributed by atoms with Crippen LogP contribution in [0, 0.1) is 5.82 Å². The molecule has 4 aromatic rings. The molecule has 11 heteroatoms. The molecule has 0 aromatic carbocycles. The summed E-state index contributed by atoms with van der Waals surface area (Å²) in [7, 11) is 1.54. The quantitative estimate of drug-likeness (QED) is 0.449. The van der Waals surface area contributed by atoms with E-state index in [1.807, 2.05) is 6.07 Å². The Morgan fingerprint density at radius 2 is 2.03 bits per heavy atom. The summed E-state index contributed by atoms with van der Waals surface area (Å²) in [6, 6.07) is 7.01. The third kappa shape index (κ3) is 4.37. The van der Waals surface area contributed by atoms with Crippen LogP contribution in [-0.4, -0.2) is 57.3 Å². The number of carbonyl (C=O) groups excluding carboxylic acids is 1. The second kappa shape index (κ2) is 9.26. The van der Waals surface area contributed by atoms with E-state index in [-0.39, 0.29) is 30.1 Å². The van der Waals surface area contributed by atoms with Crippen LogP contribution < -0.4 is 15.0 Å². The van der Waals surface area contributed by atoms with Crippen LogP contribution in [0.5, 0.6) is 5.88 Å². The van der Waals surface area contributed by atoms with Gasteiger partial charge in [-0.3, -0.25) is 4.79 Å². The number of methoxy groups -OCH3 is 1. The number of amides is 1. The van der Waals surface area contributed by atoms with Crippen molar-refractivity contribution in [2.45, 2.75) is 19.8 Å². The Morgan fingerprint density at radius 3 is 2.74 bits per heavy atom. The Balaban J connectivity index is 1.45. The second-order valence-electron chi connectivity index (χ2n) is 8.35. The molecule has 0 atom stereocenters. The lowest BCUT2D eigenvalue weighted by Gasteiger charge is -2.26. The van der Waals surface area contributed by atoms with Gasteiger partial charge in [-0.1, -0.05) is 13.8 Å².